The van der Waals surface area contributed by atoms with E-state index in [1.54, 1.807) is 38.1 Å². The van der Waals surface area contributed by atoms with Crippen molar-refractivity contribution in [2.75, 3.05) is 25.5 Å². The topological polar surface area (TPSA) is 97.4 Å². The van der Waals surface area contributed by atoms with E-state index < -0.39 is 0 Å². The van der Waals surface area contributed by atoms with E-state index in [2.05, 4.69) is 11.1 Å². The quantitative estimate of drug-likeness (QED) is 0.281. The Kier molecular flexibility index (Phi) is 17.5. The van der Waals surface area contributed by atoms with Crippen molar-refractivity contribution >= 4 is 17.5 Å². The number of halogens is 1. The molecule has 0 saturated carbocycles. The zero-order valence-electron chi connectivity index (χ0n) is 25.5. The lowest BCUT2D eigenvalue weighted by atomic mass is 10.1. The smallest absolute Gasteiger partial charge is 0.274 e. The van der Waals surface area contributed by atoms with Gasteiger partial charge in [-0.15, -0.1) is 0 Å². The Bertz CT molecular complexity index is 1290. The van der Waals surface area contributed by atoms with Crippen LogP contribution in [-0.2, 0) is 29.0 Å². The predicted octanol–water partition coefficient (Wildman–Crippen LogP) is 5.83. The van der Waals surface area contributed by atoms with Gasteiger partial charge in [0, 0.05) is 25.2 Å². The van der Waals surface area contributed by atoms with Crippen LogP contribution in [0.25, 0.3) is 0 Å². The molecule has 2 amide bonds. The summed E-state index contributed by atoms with van der Waals surface area (Å²) in [6.45, 7) is 7.84. The van der Waals surface area contributed by atoms with Gasteiger partial charge < -0.3 is 20.5 Å². The van der Waals surface area contributed by atoms with Crippen LogP contribution in [0.5, 0.6) is 0 Å². The third kappa shape index (κ3) is 13.4. The van der Waals surface area contributed by atoms with Crippen LogP contribution >= 0.6 is 0 Å². The minimum atomic E-state index is -0.365. The first kappa shape index (κ1) is 35.7. The summed E-state index contributed by atoms with van der Waals surface area (Å²) in [6, 6.07) is 23.4. The van der Waals surface area contributed by atoms with E-state index in [0.29, 0.717) is 18.8 Å². The van der Waals surface area contributed by atoms with Gasteiger partial charge in [-0.3, -0.25) is 14.4 Å². The molecule has 8 heteroatoms. The zero-order chi connectivity index (χ0) is 31.3. The number of allylic oxidation sites excluding steroid dienone is 4. The van der Waals surface area contributed by atoms with Gasteiger partial charge in [-0.05, 0) is 70.0 Å². The molecule has 3 N–H and O–H groups in total. The molecule has 1 heterocycles. The highest BCUT2D eigenvalue weighted by Gasteiger charge is 2.17. The van der Waals surface area contributed by atoms with E-state index >= 15 is 0 Å². The second-order valence-electron chi connectivity index (χ2n) is 9.31. The molecule has 0 saturated heterocycles. The molecule has 0 fully saturated rings. The van der Waals surface area contributed by atoms with Crippen LogP contribution in [0.15, 0.2) is 102 Å². The molecule has 0 spiro atoms. The molecule has 7 nitrogen and oxygen atoms in total. The van der Waals surface area contributed by atoms with Crippen molar-refractivity contribution in [2.24, 2.45) is 5.73 Å². The summed E-state index contributed by atoms with van der Waals surface area (Å²) in [5.74, 6) is -0.509. The molecule has 0 atom stereocenters. The van der Waals surface area contributed by atoms with Gasteiger partial charge in [0.1, 0.15) is 12.2 Å². The first-order chi connectivity index (χ1) is 20.2. The van der Waals surface area contributed by atoms with Crippen molar-refractivity contribution in [3.05, 3.63) is 124 Å². The molecular weight excluding hydrogens is 531 g/mol. The normalized spacial score (nSPS) is 10.7. The van der Waals surface area contributed by atoms with E-state index in [1.165, 1.54) is 24.6 Å². The van der Waals surface area contributed by atoms with Crippen molar-refractivity contribution in [3.8, 4) is 0 Å². The van der Waals surface area contributed by atoms with Gasteiger partial charge >= 0.3 is 0 Å². The van der Waals surface area contributed by atoms with Gasteiger partial charge in [0.05, 0.1) is 5.83 Å². The van der Waals surface area contributed by atoms with Gasteiger partial charge in [0.25, 0.3) is 5.56 Å². The number of hydrogen-bond donors (Lipinski definition) is 2. The van der Waals surface area contributed by atoms with E-state index in [1.807, 2.05) is 72.5 Å². The Balaban J connectivity index is 0.000000858. The SMILES string of the molecule is C/C=C\C=C(/C)F.CCC(=O)Nc1ccc(C)n(CC(=O)N(CCc2ccccc2)CCc2ccccc2)c1=O.CN. The Morgan fingerprint density at radius 2 is 1.45 bits per heavy atom. The molecule has 0 aliphatic rings. The number of nitrogens with zero attached hydrogens (tertiary/aromatic N) is 2. The number of aryl methyl sites for hydroxylation is 1. The molecule has 0 radical (unpaired) electrons. The Labute approximate surface area is 249 Å². The number of pyridine rings is 1. The van der Waals surface area contributed by atoms with Crippen LogP contribution in [0, 0.1) is 6.92 Å². The molecule has 42 heavy (non-hydrogen) atoms. The average molecular weight is 577 g/mol. The fraction of sp³-hybridized carbons (Fsp3) is 0.324. The number of nitrogens with one attached hydrogen (secondary N) is 1. The molecule has 1 aromatic heterocycles. The van der Waals surface area contributed by atoms with Crippen LogP contribution in [0.3, 0.4) is 0 Å². The lowest BCUT2D eigenvalue weighted by Gasteiger charge is -2.24. The standard InChI is InChI=1S/C27H31N3O3.C6H9F.CH5N/c1-3-25(31)28-24-15-14-21(2)30(27(24)33)20-26(32)29(18-16-22-10-6-4-7-11-22)19-17-23-12-8-5-9-13-23;1-3-4-5-6(2)7;1-2/h4-15H,3,16-20H2,1-2H3,(H,28,31);3-5H,1-2H3;2H2,1H3/b;4-3-,6-5+;. The van der Waals surface area contributed by atoms with E-state index in [-0.39, 0.29) is 41.9 Å². The second-order valence-corrected chi connectivity index (χ2v) is 9.31. The van der Waals surface area contributed by atoms with Crippen LogP contribution < -0.4 is 16.6 Å². The number of amides is 2. The summed E-state index contributed by atoms with van der Waals surface area (Å²) in [6.07, 6.45) is 6.61. The molecule has 3 aromatic rings. The second kappa shape index (κ2) is 20.6. The minimum Gasteiger partial charge on any atom is -0.340 e. The maximum Gasteiger partial charge on any atom is 0.274 e. The number of aromatic nitrogens is 1. The number of hydrogen-bond acceptors (Lipinski definition) is 4. The van der Waals surface area contributed by atoms with Crippen LogP contribution in [0.2, 0.25) is 0 Å². The van der Waals surface area contributed by atoms with Crippen molar-refractivity contribution in [1.82, 2.24) is 9.47 Å². The largest absolute Gasteiger partial charge is 0.340 e. The minimum absolute atomic E-state index is 0.0654. The summed E-state index contributed by atoms with van der Waals surface area (Å²) in [7, 11) is 1.50. The molecular formula is C34H45FN4O3. The van der Waals surface area contributed by atoms with Crippen LogP contribution in [0.1, 0.15) is 44.0 Å². The number of benzene rings is 2. The van der Waals surface area contributed by atoms with Crippen LogP contribution in [0.4, 0.5) is 10.1 Å². The number of carbonyl (C=O) groups excluding carboxylic acids is 2. The molecule has 3 rings (SSSR count). The molecule has 226 valence electrons. The molecule has 0 bridgehead atoms. The predicted molar refractivity (Wildman–Crippen MR) is 171 cm³/mol. The third-order valence-electron chi connectivity index (χ3n) is 6.18. The summed E-state index contributed by atoms with van der Waals surface area (Å²) in [5, 5.41) is 2.63. The molecule has 0 unspecified atom stereocenters. The maximum absolute atomic E-state index is 13.3. The van der Waals surface area contributed by atoms with Crippen molar-refractivity contribution in [1.29, 1.82) is 0 Å². The Hall–Kier alpha value is -4.30. The van der Waals surface area contributed by atoms with Crippen molar-refractivity contribution < 1.29 is 14.0 Å². The number of anilines is 1. The van der Waals surface area contributed by atoms with Gasteiger partial charge in [-0.1, -0.05) is 79.7 Å². The van der Waals surface area contributed by atoms with Gasteiger partial charge in [-0.2, -0.15) is 0 Å². The van der Waals surface area contributed by atoms with Crippen molar-refractivity contribution in [3.63, 3.8) is 0 Å². The molecule has 0 aliphatic carbocycles. The highest BCUT2D eigenvalue weighted by atomic mass is 19.1. The number of rotatable bonds is 11. The average Bonchev–Trinajstić information content (AvgIpc) is 3.01. The number of carbonyl (C=O) groups is 2. The lowest BCUT2D eigenvalue weighted by Crippen LogP contribution is -2.40. The summed E-state index contributed by atoms with van der Waals surface area (Å²) in [4.78, 5) is 39.9. The summed E-state index contributed by atoms with van der Waals surface area (Å²) in [5.41, 5.74) is 7.32. The van der Waals surface area contributed by atoms with E-state index in [4.69, 9.17) is 0 Å². The van der Waals surface area contributed by atoms with Gasteiger partial charge in [0.2, 0.25) is 11.8 Å². The highest BCUT2D eigenvalue weighted by molar-refractivity contribution is 5.90. The van der Waals surface area contributed by atoms with Crippen LogP contribution in [-0.4, -0.2) is 41.4 Å². The van der Waals surface area contributed by atoms with Crippen molar-refractivity contribution in [2.45, 2.75) is 53.5 Å². The fourth-order valence-electron chi connectivity index (χ4n) is 3.84. The first-order valence-corrected chi connectivity index (χ1v) is 14.1. The maximum atomic E-state index is 13.3. The monoisotopic (exact) mass is 576 g/mol. The highest BCUT2D eigenvalue weighted by Crippen LogP contribution is 2.09. The molecule has 0 aliphatic heterocycles. The fourth-order valence-corrected chi connectivity index (χ4v) is 3.84. The zero-order valence-corrected chi connectivity index (χ0v) is 25.5. The van der Waals surface area contributed by atoms with E-state index in [0.717, 1.165) is 24.0 Å². The summed E-state index contributed by atoms with van der Waals surface area (Å²) < 4.78 is 13.1. The first-order valence-electron chi connectivity index (χ1n) is 14.1. The third-order valence-corrected chi connectivity index (χ3v) is 6.18. The summed E-state index contributed by atoms with van der Waals surface area (Å²) >= 11 is 0. The molecule has 2 aromatic carbocycles. The Morgan fingerprint density at radius 3 is 1.88 bits per heavy atom. The lowest BCUT2D eigenvalue weighted by molar-refractivity contribution is -0.131. The Morgan fingerprint density at radius 1 is 0.929 bits per heavy atom. The van der Waals surface area contributed by atoms with Gasteiger partial charge in [-0.25, -0.2) is 4.39 Å². The number of nitrogens with two attached hydrogens (primary N) is 1. The van der Waals surface area contributed by atoms with E-state index in [9.17, 15) is 18.8 Å². The van der Waals surface area contributed by atoms with Gasteiger partial charge in [0.15, 0.2) is 0 Å².